The third-order valence-electron chi connectivity index (χ3n) is 1.80. The van der Waals surface area contributed by atoms with E-state index >= 15 is 0 Å². The quantitative estimate of drug-likeness (QED) is 0.675. The molecule has 1 aromatic carbocycles. The highest BCUT2D eigenvalue weighted by molar-refractivity contribution is 5.35. The highest BCUT2D eigenvalue weighted by atomic mass is 19.1. The van der Waals surface area contributed by atoms with Gasteiger partial charge in [-0.1, -0.05) is 18.2 Å². The van der Waals surface area contributed by atoms with Crippen LogP contribution in [0.5, 0.6) is 5.75 Å². The predicted octanol–water partition coefficient (Wildman–Crippen LogP) is 2.56. The fraction of sp³-hybridized carbons (Fsp3) is 0.364. The van der Waals surface area contributed by atoms with Gasteiger partial charge in [0, 0.05) is 12.7 Å². The van der Waals surface area contributed by atoms with Gasteiger partial charge in [-0.3, -0.25) is 0 Å². The summed E-state index contributed by atoms with van der Waals surface area (Å²) in [5, 5.41) is 0. The van der Waals surface area contributed by atoms with Crippen molar-refractivity contribution in [2.45, 2.75) is 6.17 Å². The summed E-state index contributed by atoms with van der Waals surface area (Å²) >= 11 is 0. The van der Waals surface area contributed by atoms with Crippen molar-refractivity contribution in [3.05, 3.63) is 36.8 Å². The lowest BCUT2D eigenvalue weighted by Gasteiger charge is -2.11. The average molecular weight is 197 g/mol. The van der Waals surface area contributed by atoms with Crippen LogP contribution in [0, 0.1) is 6.92 Å². The Balaban J connectivity index is 2.64. The molecule has 0 amide bonds. The third kappa shape index (κ3) is 3.00. The fourth-order valence-electron chi connectivity index (χ4n) is 1.11. The van der Waals surface area contributed by atoms with Crippen molar-refractivity contribution >= 4 is 0 Å². The minimum Gasteiger partial charge on any atom is -0.491 e. The standard InChI is InChI=1S/C11H14FO2/c1-9(12)10-5-3-4-6-11(10)14-8-7-13-2/h3-6,9H,1,7-8H2,2H3. The normalized spacial score (nSPS) is 12.5. The number of benzene rings is 1. The topological polar surface area (TPSA) is 18.5 Å². The number of ether oxygens (including phenoxy) is 2. The average Bonchev–Trinajstić information content (AvgIpc) is 2.19. The minimum absolute atomic E-state index is 0.417. The number of halogens is 1. The smallest absolute Gasteiger partial charge is 0.129 e. The van der Waals surface area contributed by atoms with Crippen LogP contribution >= 0.6 is 0 Å². The van der Waals surface area contributed by atoms with Gasteiger partial charge in [-0.05, 0) is 13.0 Å². The van der Waals surface area contributed by atoms with Gasteiger partial charge in [-0.2, -0.15) is 0 Å². The van der Waals surface area contributed by atoms with E-state index in [1.807, 2.05) is 0 Å². The van der Waals surface area contributed by atoms with Gasteiger partial charge >= 0.3 is 0 Å². The SMILES string of the molecule is [CH2]C(F)c1ccccc1OCCOC. The van der Waals surface area contributed by atoms with E-state index in [0.717, 1.165) is 0 Å². The second kappa shape index (κ2) is 5.60. The van der Waals surface area contributed by atoms with Crippen LogP contribution in [0.25, 0.3) is 0 Å². The number of para-hydroxylation sites is 1. The maximum Gasteiger partial charge on any atom is 0.129 e. The predicted molar refractivity (Wildman–Crippen MR) is 53.0 cm³/mol. The Hall–Kier alpha value is -1.09. The van der Waals surface area contributed by atoms with E-state index in [0.29, 0.717) is 24.5 Å². The molecule has 1 radical (unpaired) electrons. The highest BCUT2D eigenvalue weighted by Crippen LogP contribution is 2.26. The Morgan fingerprint density at radius 2 is 2.07 bits per heavy atom. The van der Waals surface area contributed by atoms with Crippen molar-refractivity contribution in [1.82, 2.24) is 0 Å². The van der Waals surface area contributed by atoms with Crippen molar-refractivity contribution in [1.29, 1.82) is 0 Å². The van der Waals surface area contributed by atoms with Gasteiger partial charge in [0.1, 0.15) is 18.5 Å². The molecule has 0 aromatic heterocycles. The molecular weight excluding hydrogens is 183 g/mol. The van der Waals surface area contributed by atoms with Crippen LogP contribution in [0.15, 0.2) is 24.3 Å². The van der Waals surface area contributed by atoms with E-state index in [9.17, 15) is 4.39 Å². The lowest BCUT2D eigenvalue weighted by Crippen LogP contribution is -2.06. The van der Waals surface area contributed by atoms with Crippen LogP contribution in [0.2, 0.25) is 0 Å². The van der Waals surface area contributed by atoms with Crippen molar-refractivity contribution in [3.8, 4) is 5.75 Å². The van der Waals surface area contributed by atoms with Crippen LogP contribution in [0.1, 0.15) is 11.7 Å². The summed E-state index contributed by atoms with van der Waals surface area (Å²) < 4.78 is 23.1. The van der Waals surface area contributed by atoms with E-state index in [2.05, 4.69) is 6.92 Å². The first-order chi connectivity index (χ1) is 6.75. The summed E-state index contributed by atoms with van der Waals surface area (Å²) in [4.78, 5) is 0. The second-order valence-electron chi connectivity index (χ2n) is 2.85. The molecule has 14 heavy (non-hydrogen) atoms. The fourth-order valence-corrected chi connectivity index (χ4v) is 1.11. The van der Waals surface area contributed by atoms with E-state index in [4.69, 9.17) is 9.47 Å². The summed E-state index contributed by atoms with van der Waals surface area (Å²) in [6, 6.07) is 6.95. The summed E-state index contributed by atoms with van der Waals surface area (Å²) in [7, 11) is 1.59. The maximum atomic E-state index is 13.0. The Kier molecular flexibility index (Phi) is 4.40. The van der Waals surface area contributed by atoms with Gasteiger partial charge < -0.3 is 9.47 Å². The van der Waals surface area contributed by atoms with Crippen molar-refractivity contribution in [3.63, 3.8) is 0 Å². The van der Waals surface area contributed by atoms with Gasteiger partial charge in [0.05, 0.1) is 6.61 Å². The molecule has 1 rings (SSSR count). The Labute approximate surface area is 83.6 Å². The second-order valence-corrected chi connectivity index (χ2v) is 2.85. The van der Waals surface area contributed by atoms with Gasteiger partial charge in [-0.25, -0.2) is 4.39 Å². The first-order valence-electron chi connectivity index (χ1n) is 4.43. The van der Waals surface area contributed by atoms with Gasteiger partial charge in [-0.15, -0.1) is 0 Å². The van der Waals surface area contributed by atoms with Crippen molar-refractivity contribution < 1.29 is 13.9 Å². The lowest BCUT2D eigenvalue weighted by atomic mass is 10.1. The molecule has 77 valence electrons. The molecule has 1 unspecified atom stereocenters. The molecule has 0 bridgehead atoms. The monoisotopic (exact) mass is 197 g/mol. The molecule has 0 fully saturated rings. The molecule has 2 nitrogen and oxygen atoms in total. The lowest BCUT2D eigenvalue weighted by molar-refractivity contribution is 0.145. The molecular formula is C11H14FO2. The van der Waals surface area contributed by atoms with Gasteiger partial charge in [0.25, 0.3) is 0 Å². The van der Waals surface area contributed by atoms with Crippen LogP contribution in [0.3, 0.4) is 0 Å². The molecule has 0 N–H and O–H groups in total. The van der Waals surface area contributed by atoms with Crippen LogP contribution in [-0.4, -0.2) is 20.3 Å². The number of methoxy groups -OCH3 is 1. The van der Waals surface area contributed by atoms with Crippen LogP contribution in [-0.2, 0) is 4.74 Å². The largest absolute Gasteiger partial charge is 0.491 e. The molecule has 1 aromatic rings. The van der Waals surface area contributed by atoms with E-state index in [1.165, 1.54) is 0 Å². The number of hydrogen-bond donors (Lipinski definition) is 0. The number of hydrogen-bond acceptors (Lipinski definition) is 2. The van der Waals surface area contributed by atoms with Crippen molar-refractivity contribution in [2.24, 2.45) is 0 Å². The number of rotatable bonds is 5. The van der Waals surface area contributed by atoms with Crippen molar-refractivity contribution in [2.75, 3.05) is 20.3 Å². The van der Waals surface area contributed by atoms with E-state index in [-0.39, 0.29) is 0 Å². The Morgan fingerprint density at radius 1 is 1.36 bits per heavy atom. The molecule has 0 heterocycles. The molecule has 0 aliphatic carbocycles. The summed E-state index contributed by atoms with van der Waals surface area (Å²) in [6.45, 7) is 4.23. The zero-order valence-corrected chi connectivity index (χ0v) is 8.20. The van der Waals surface area contributed by atoms with E-state index in [1.54, 1.807) is 31.4 Å². The first kappa shape index (κ1) is 11.0. The first-order valence-corrected chi connectivity index (χ1v) is 4.43. The van der Waals surface area contributed by atoms with Gasteiger partial charge in [0.15, 0.2) is 0 Å². The molecule has 0 spiro atoms. The Morgan fingerprint density at radius 3 is 2.71 bits per heavy atom. The Bertz CT molecular complexity index is 274. The molecule has 3 heteroatoms. The molecule has 0 saturated heterocycles. The zero-order chi connectivity index (χ0) is 10.4. The summed E-state index contributed by atoms with van der Waals surface area (Å²) in [5.41, 5.74) is 0.476. The maximum absolute atomic E-state index is 13.0. The molecule has 1 atom stereocenters. The van der Waals surface area contributed by atoms with E-state index < -0.39 is 6.17 Å². The van der Waals surface area contributed by atoms with Gasteiger partial charge in [0.2, 0.25) is 0 Å². The van der Waals surface area contributed by atoms with Crippen LogP contribution < -0.4 is 4.74 Å². The van der Waals surface area contributed by atoms with Crippen LogP contribution in [0.4, 0.5) is 4.39 Å². The highest BCUT2D eigenvalue weighted by Gasteiger charge is 2.09. The number of alkyl halides is 1. The minimum atomic E-state index is -1.26. The molecule has 0 aliphatic rings. The molecule has 0 aliphatic heterocycles. The summed E-state index contributed by atoms with van der Waals surface area (Å²) in [6.07, 6.45) is -1.26. The molecule has 0 saturated carbocycles. The third-order valence-corrected chi connectivity index (χ3v) is 1.80. The summed E-state index contributed by atoms with van der Waals surface area (Å²) in [5.74, 6) is 0.534. The zero-order valence-electron chi connectivity index (χ0n) is 8.20.